The van der Waals surface area contributed by atoms with Crippen molar-refractivity contribution in [1.82, 2.24) is 0 Å². The molecule has 0 atom stereocenters. The molecular weight excluding hydrogens is 103 g/mol. The van der Waals surface area contributed by atoms with Crippen molar-refractivity contribution >= 4 is 0 Å². The first kappa shape index (κ1) is 8.89. The molecule has 0 saturated carbocycles. The summed E-state index contributed by atoms with van der Waals surface area (Å²) in [6, 6.07) is 0. The minimum Gasteiger partial charge on any atom is -0.293 e. The molecule has 0 bridgehead atoms. The van der Waals surface area contributed by atoms with Crippen molar-refractivity contribution in [1.29, 1.82) is 0 Å². The van der Waals surface area contributed by atoms with Crippen LogP contribution >= 0.6 is 0 Å². The predicted molar refractivity (Wildman–Crippen MR) is 19.1 cm³/mol. The van der Waals surface area contributed by atoms with Gasteiger partial charge in [0.05, 0.1) is 0 Å². The number of rotatable bonds is 1. The molecular formula is C4H5Mn-. The Kier molecular flexibility index (Phi) is 16.0. The van der Waals surface area contributed by atoms with Crippen molar-refractivity contribution in [3.05, 3.63) is 25.3 Å². The Morgan fingerprint density at radius 1 is 1.60 bits per heavy atom. The summed E-state index contributed by atoms with van der Waals surface area (Å²) >= 11 is 0. The van der Waals surface area contributed by atoms with E-state index < -0.39 is 0 Å². The topological polar surface area (TPSA) is 0 Å². The summed E-state index contributed by atoms with van der Waals surface area (Å²) < 4.78 is 0. The van der Waals surface area contributed by atoms with E-state index in [9.17, 15) is 0 Å². The molecule has 0 aliphatic carbocycles. The second kappa shape index (κ2) is 9.00. The molecule has 0 heterocycles. The van der Waals surface area contributed by atoms with Gasteiger partial charge in [-0.05, 0) is 0 Å². The van der Waals surface area contributed by atoms with Crippen LogP contribution in [0.25, 0.3) is 0 Å². The molecule has 0 aromatic heterocycles. The van der Waals surface area contributed by atoms with Gasteiger partial charge < -0.3 is 0 Å². The van der Waals surface area contributed by atoms with Crippen molar-refractivity contribution in [2.45, 2.75) is 0 Å². The Morgan fingerprint density at radius 3 is 1.80 bits per heavy atom. The summed E-state index contributed by atoms with van der Waals surface area (Å²) in [5.74, 6) is 0. The molecule has 0 aliphatic heterocycles. The molecule has 0 spiro atoms. The van der Waals surface area contributed by atoms with Gasteiger partial charge in [0.25, 0.3) is 0 Å². The molecule has 1 radical (unpaired) electrons. The summed E-state index contributed by atoms with van der Waals surface area (Å²) in [5.41, 5.74) is 0. The van der Waals surface area contributed by atoms with E-state index in [0.29, 0.717) is 0 Å². The van der Waals surface area contributed by atoms with Gasteiger partial charge >= 0.3 is 0 Å². The maximum absolute atomic E-state index is 4.78. The second-order valence-electron chi connectivity index (χ2n) is 0.428. The van der Waals surface area contributed by atoms with Crippen molar-refractivity contribution in [3.8, 4) is 0 Å². The van der Waals surface area contributed by atoms with E-state index in [1.54, 1.807) is 0 Å². The van der Waals surface area contributed by atoms with E-state index in [1.165, 1.54) is 12.2 Å². The van der Waals surface area contributed by atoms with Gasteiger partial charge in [0, 0.05) is 17.1 Å². The van der Waals surface area contributed by atoms with Crippen LogP contribution in [0.4, 0.5) is 0 Å². The zero-order chi connectivity index (χ0) is 3.41. The molecule has 0 aromatic rings. The van der Waals surface area contributed by atoms with E-state index >= 15 is 0 Å². The number of hydrogen-bond donors (Lipinski definition) is 0. The third kappa shape index (κ3) is 16.0. The van der Waals surface area contributed by atoms with Crippen molar-refractivity contribution < 1.29 is 17.1 Å². The molecule has 0 aromatic carbocycles. The molecule has 5 heavy (non-hydrogen) atoms. The van der Waals surface area contributed by atoms with E-state index in [1.807, 2.05) is 0 Å². The fourth-order valence-electron chi connectivity index (χ4n) is 0. The number of hydrogen-bond acceptors (Lipinski definition) is 0. The van der Waals surface area contributed by atoms with E-state index in [0.717, 1.165) is 0 Å². The average molecular weight is 108 g/mol. The Bertz CT molecular complexity index is 24.6. The Balaban J connectivity index is 0. The monoisotopic (exact) mass is 108 g/mol. The standard InChI is InChI=1S/C4H5.Mn/c1-3-4-2;/h1,3-4H,2H2;/q-1;. The summed E-state index contributed by atoms with van der Waals surface area (Å²) in [6.07, 6.45) is 2.92. The van der Waals surface area contributed by atoms with E-state index in [-0.39, 0.29) is 17.1 Å². The Labute approximate surface area is 43.1 Å². The molecule has 0 aliphatic rings. The van der Waals surface area contributed by atoms with Gasteiger partial charge in [-0.15, -0.1) is 0 Å². The third-order valence-corrected chi connectivity index (χ3v) is 0.136. The molecule has 29 valence electrons. The zero-order valence-corrected chi connectivity index (χ0v) is 4.00. The van der Waals surface area contributed by atoms with Crippen molar-refractivity contribution in [2.75, 3.05) is 0 Å². The van der Waals surface area contributed by atoms with E-state index in [4.69, 9.17) is 6.58 Å². The molecule has 0 fully saturated rings. The van der Waals surface area contributed by atoms with Crippen molar-refractivity contribution in [3.63, 3.8) is 0 Å². The van der Waals surface area contributed by atoms with Crippen LogP contribution in [-0.2, 0) is 17.1 Å². The number of allylic oxidation sites excluding steroid dienone is 2. The van der Waals surface area contributed by atoms with E-state index in [2.05, 4.69) is 6.58 Å². The van der Waals surface area contributed by atoms with Gasteiger partial charge in [-0.2, -0.15) is 6.58 Å². The van der Waals surface area contributed by atoms with Gasteiger partial charge in [-0.1, -0.05) is 0 Å². The minimum absolute atomic E-state index is 0. The zero-order valence-electron chi connectivity index (χ0n) is 2.82. The molecule has 0 unspecified atom stereocenters. The van der Waals surface area contributed by atoms with Crippen LogP contribution in [0, 0.1) is 6.58 Å². The smallest absolute Gasteiger partial charge is 0 e. The van der Waals surface area contributed by atoms with Gasteiger partial charge in [0.2, 0.25) is 0 Å². The first-order valence-corrected chi connectivity index (χ1v) is 1.07. The van der Waals surface area contributed by atoms with Crippen LogP contribution < -0.4 is 0 Å². The minimum atomic E-state index is 0. The molecule has 0 nitrogen and oxygen atoms in total. The fraction of sp³-hybridized carbons (Fsp3) is 0. The van der Waals surface area contributed by atoms with Gasteiger partial charge in [-0.25, -0.2) is 12.2 Å². The first-order chi connectivity index (χ1) is 1.91. The normalized spacial score (nSPS) is 4.00. The third-order valence-electron chi connectivity index (χ3n) is 0.136. The quantitative estimate of drug-likeness (QED) is 0.268. The van der Waals surface area contributed by atoms with Crippen LogP contribution in [0.5, 0.6) is 0 Å². The summed E-state index contributed by atoms with van der Waals surface area (Å²) in [6.45, 7) is 8.08. The van der Waals surface area contributed by atoms with Crippen LogP contribution in [0.2, 0.25) is 0 Å². The Hall–Kier alpha value is -0.000519. The van der Waals surface area contributed by atoms with Crippen LogP contribution in [0.3, 0.4) is 0 Å². The maximum atomic E-state index is 4.78. The Morgan fingerprint density at radius 2 is 1.80 bits per heavy atom. The molecule has 0 N–H and O–H groups in total. The summed E-state index contributed by atoms with van der Waals surface area (Å²) in [5, 5.41) is 0. The van der Waals surface area contributed by atoms with Gasteiger partial charge in [-0.3, -0.25) is 6.58 Å². The van der Waals surface area contributed by atoms with Crippen LogP contribution in [0.15, 0.2) is 18.7 Å². The average Bonchev–Trinajstić information content (AvgIpc) is 1.37. The molecule has 0 amide bonds. The largest absolute Gasteiger partial charge is 0.293 e. The first-order valence-electron chi connectivity index (χ1n) is 1.07. The maximum Gasteiger partial charge on any atom is 0 e. The molecule has 0 saturated heterocycles. The van der Waals surface area contributed by atoms with Crippen molar-refractivity contribution in [2.24, 2.45) is 0 Å². The predicted octanol–water partition coefficient (Wildman–Crippen LogP) is 1.16. The summed E-state index contributed by atoms with van der Waals surface area (Å²) in [4.78, 5) is 0. The summed E-state index contributed by atoms with van der Waals surface area (Å²) in [7, 11) is 0. The second-order valence-corrected chi connectivity index (χ2v) is 0.428. The van der Waals surface area contributed by atoms with Crippen LogP contribution in [0.1, 0.15) is 0 Å². The SMILES string of the molecule is [CH-]=CC=C.[Mn]. The van der Waals surface area contributed by atoms with Gasteiger partial charge in [0.1, 0.15) is 0 Å². The molecule has 0 rings (SSSR count). The van der Waals surface area contributed by atoms with Gasteiger partial charge in [0.15, 0.2) is 0 Å². The van der Waals surface area contributed by atoms with Crippen LogP contribution in [-0.4, -0.2) is 0 Å². The fourth-order valence-corrected chi connectivity index (χ4v) is 0. The molecule has 1 heteroatoms.